The second-order valence-corrected chi connectivity index (χ2v) is 6.98. The number of hydrogen-bond donors (Lipinski definition) is 1. The van der Waals surface area contributed by atoms with E-state index in [0.29, 0.717) is 41.2 Å². The Morgan fingerprint density at radius 2 is 1.92 bits per heavy atom. The third-order valence-electron chi connectivity index (χ3n) is 3.71. The van der Waals surface area contributed by atoms with Gasteiger partial charge in [-0.3, -0.25) is 4.79 Å². The van der Waals surface area contributed by atoms with Crippen molar-refractivity contribution in [2.24, 2.45) is 5.10 Å². The zero-order chi connectivity index (χ0) is 18.9. The average molecular weight is 393 g/mol. The summed E-state index contributed by atoms with van der Waals surface area (Å²) < 4.78 is 5.54. The van der Waals surface area contributed by atoms with Crippen LogP contribution in [0.3, 0.4) is 0 Å². The fraction of sp³-hybridized carbons (Fsp3) is 0.300. The molecule has 0 saturated heterocycles. The third kappa shape index (κ3) is 6.70. The van der Waals surface area contributed by atoms with Crippen LogP contribution in [0.15, 0.2) is 47.6 Å². The number of carbonyl (C=O) groups is 1. The molecule has 0 bridgehead atoms. The van der Waals surface area contributed by atoms with Gasteiger partial charge in [-0.05, 0) is 41.7 Å². The minimum Gasteiger partial charge on any atom is -0.492 e. The lowest BCUT2D eigenvalue weighted by atomic mass is 10.0. The molecule has 1 amide bonds. The first-order valence-electron chi connectivity index (χ1n) is 8.45. The predicted octanol–water partition coefficient (Wildman–Crippen LogP) is 5.43. The van der Waals surface area contributed by atoms with Crippen molar-refractivity contribution < 1.29 is 9.53 Å². The molecule has 0 atom stereocenters. The van der Waals surface area contributed by atoms with Crippen LogP contribution < -0.4 is 10.2 Å². The van der Waals surface area contributed by atoms with Crippen LogP contribution in [0.2, 0.25) is 10.0 Å². The molecule has 2 aromatic carbocycles. The van der Waals surface area contributed by atoms with E-state index in [1.165, 1.54) is 5.56 Å². The lowest BCUT2D eigenvalue weighted by Crippen LogP contribution is -2.18. The molecule has 4 nitrogen and oxygen atoms in total. The van der Waals surface area contributed by atoms with Crippen LogP contribution in [0.25, 0.3) is 0 Å². The number of nitrogens with one attached hydrogen (secondary N) is 1. The number of rotatable bonds is 8. The van der Waals surface area contributed by atoms with Crippen LogP contribution in [0.5, 0.6) is 5.75 Å². The Labute approximate surface area is 164 Å². The zero-order valence-corrected chi connectivity index (χ0v) is 16.3. The molecular weight excluding hydrogens is 371 g/mol. The molecular formula is C20H22Cl2N2O2. The minimum absolute atomic E-state index is 0.161. The fourth-order valence-corrected chi connectivity index (χ4v) is 2.67. The van der Waals surface area contributed by atoms with E-state index >= 15 is 0 Å². The summed E-state index contributed by atoms with van der Waals surface area (Å²) in [6.07, 6.45) is 2.50. The number of ether oxygens (including phenoxy) is 1. The Balaban J connectivity index is 1.68. The molecule has 138 valence electrons. The number of carbonyl (C=O) groups excluding carboxylic acids is 1. The van der Waals surface area contributed by atoms with E-state index in [0.717, 1.165) is 5.56 Å². The van der Waals surface area contributed by atoms with Crippen LogP contribution in [0.1, 0.15) is 43.7 Å². The monoisotopic (exact) mass is 392 g/mol. The van der Waals surface area contributed by atoms with Gasteiger partial charge in [-0.2, -0.15) is 5.10 Å². The Morgan fingerprint density at radius 1 is 1.19 bits per heavy atom. The highest BCUT2D eigenvalue weighted by Gasteiger charge is 2.04. The van der Waals surface area contributed by atoms with E-state index < -0.39 is 0 Å². The zero-order valence-electron chi connectivity index (χ0n) is 14.8. The molecule has 0 unspecified atom stereocenters. The standard InChI is InChI=1S/C20H22Cl2N2O2/c1-14(2)16-7-5-15(6-8-16)13-23-24-20(25)4-3-11-26-19-10-9-17(21)12-18(19)22/h5-10,12-14H,3-4,11H2,1-2H3,(H,24,25). The van der Waals surface area contributed by atoms with Crippen molar-refractivity contribution in [1.29, 1.82) is 0 Å². The lowest BCUT2D eigenvalue weighted by Gasteiger charge is -2.07. The topological polar surface area (TPSA) is 50.7 Å². The summed E-state index contributed by atoms with van der Waals surface area (Å²) in [5.41, 5.74) is 4.73. The molecule has 1 N–H and O–H groups in total. The second kappa shape index (κ2) is 10.2. The van der Waals surface area contributed by atoms with Gasteiger partial charge in [0.05, 0.1) is 17.8 Å². The van der Waals surface area contributed by atoms with Crippen molar-refractivity contribution in [3.05, 3.63) is 63.6 Å². The van der Waals surface area contributed by atoms with E-state index in [4.69, 9.17) is 27.9 Å². The molecule has 6 heteroatoms. The van der Waals surface area contributed by atoms with Gasteiger partial charge in [0.2, 0.25) is 5.91 Å². The van der Waals surface area contributed by atoms with Crippen LogP contribution in [-0.4, -0.2) is 18.7 Å². The first kappa shape index (κ1) is 20.3. The van der Waals surface area contributed by atoms with Crippen molar-refractivity contribution in [3.63, 3.8) is 0 Å². The van der Waals surface area contributed by atoms with Gasteiger partial charge in [0.1, 0.15) is 5.75 Å². The van der Waals surface area contributed by atoms with Gasteiger partial charge in [-0.25, -0.2) is 5.43 Å². The Bertz CT molecular complexity index is 759. The predicted molar refractivity (Wildman–Crippen MR) is 107 cm³/mol. The molecule has 2 rings (SSSR count). The maximum Gasteiger partial charge on any atom is 0.240 e. The maximum atomic E-state index is 11.8. The fourth-order valence-electron chi connectivity index (χ4n) is 2.21. The molecule has 0 spiro atoms. The Hall–Kier alpha value is -2.04. The number of halogens is 2. The van der Waals surface area contributed by atoms with Gasteiger partial charge in [0.15, 0.2) is 0 Å². The molecule has 0 aliphatic rings. The minimum atomic E-state index is -0.161. The SMILES string of the molecule is CC(C)c1ccc(C=NNC(=O)CCCOc2ccc(Cl)cc2Cl)cc1. The highest BCUT2D eigenvalue weighted by Crippen LogP contribution is 2.27. The molecule has 0 fully saturated rings. The summed E-state index contributed by atoms with van der Waals surface area (Å²) in [7, 11) is 0. The van der Waals surface area contributed by atoms with Crippen LogP contribution in [-0.2, 0) is 4.79 Å². The molecule has 0 aromatic heterocycles. The summed E-state index contributed by atoms with van der Waals surface area (Å²) in [6.45, 7) is 4.68. The van der Waals surface area contributed by atoms with Gasteiger partial charge >= 0.3 is 0 Å². The van der Waals surface area contributed by atoms with Crippen LogP contribution >= 0.6 is 23.2 Å². The Kier molecular flexibility index (Phi) is 7.95. The van der Waals surface area contributed by atoms with E-state index in [-0.39, 0.29) is 5.91 Å². The molecule has 0 aliphatic carbocycles. The van der Waals surface area contributed by atoms with Crippen LogP contribution in [0, 0.1) is 0 Å². The Morgan fingerprint density at radius 3 is 2.58 bits per heavy atom. The molecule has 0 heterocycles. The van der Waals surface area contributed by atoms with Crippen molar-refractivity contribution in [3.8, 4) is 5.75 Å². The van der Waals surface area contributed by atoms with Crippen molar-refractivity contribution >= 4 is 35.3 Å². The average Bonchev–Trinajstić information content (AvgIpc) is 2.60. The van der Waals surface area contributed by atoms with E-state index in [1.54, 1.807) is 24.4 Å². The summed E-state index contributed by atoms with van der Waals surface area (Å²) in [5, 5.41) is 4.98. The van der Waals surface area contributed by atoms with E-state index in [1.807, 2.05) is 12.1 Å². The first-order chi connectivity index (χ1) is 12.5. The largest absolute Gasteiger partial charge is 0.492 e. The highest BCUT2D eigenvalue weighted by molar-refractivity contribution is 6.35. The normalized spacial score (nSPS) is 11.1. The summed E-state index contributed by atoms with van der Waals surface area (Å²) in [4.78, 5) is 11.8. The quantitative estimate of drug-likeness (QED) is 0.370. The number of hydrogen-bond acceptors (Lipinski definition) is 3. The van der Waals surface area contributed by atoms with E-state index in [2.05, 4.69) is 36.5 Å². The number of amides is 1. The molecule has 0 aliphatic heterocycles. The number of benzene rings is 2. The van der Waals surface area contributed by atoms with Gasteiger partial charge in [-0.15, -0.1) is 0 Å². The first-order valence-corrected chi connectivity index (χ1v) is 9.21. The third-order valence-corrected chi connectivity index (χ3v) is 4.24. The van der Waals surface area contributed by atoms with Gasteiger partial charge in [0.25, 0.3) is 0 Å². The molecule has 26 heavy (non-hydrogen) atoms. The highest BCUT2D eigenvalue weighted by atomic mass is 35.5. The maximum absolute atomic E-state index is 11.8. The molecule has 2 aromatic rings. The van der Waals surface area contributed by atoms with Crippen LogP contribution in [0.4, 0.5) is 0 Å². The molecule has 0 radical (unpaired) electrons. The van der Waals surface area contributed by atoms with Crippen molar-refractivity contribution in [1.82, 2.24) is 5.43 Å². The van der Waals surface area contributed by atoms with Gasteiger partial charge in [-0.1, -0.05) is 61.3 Å². The van der Waals surface area contributed by atoms with Crippen molar-refractivity contribution in [2.45, 2.75) is 32.6 Å². The molecule has 0 saturated carbocycles. The number of nitrogens with zero attached hydrogens (tertiary/aromatic N) is 1. The lowest BCUT2D eigenvalue weighted by molar-refractivity contribution is -0.121. The van der Waals surface area contributed by atoms with Gasteiger partial charge < -0.3 is 4.74 Å². The summed E-state index contributed by atoms with van der Waals surface area (Å²) >= 11 is 11.8. The second-order valence-electron chi connectivity index (χ2n) is 6.14. The smallest absolute Gasteiger partial charge is 0.240 e. The summed E-state index contributed by atoms with van der Waals surface area (Å²) in [6, 6.07) is 13.1. The summed E-state index contributed by atoms with van der Waals surface area (Å²) in [5.74, 6) is 0.885. The number of hydrazone groups is 1. The van der Waals surface area contributed by atoms with Crippen molar-refractivity contribution in [2.75, 3.05) is 6.61 Å². The van der Waals surface area contributed by atoms with E-state index in [9.17, 15) is 4.79 Å². The van der Waals surface area contributed by atoms with Gasteiger partial charge in [0, 0.05) is 11.4 Å².